The largest absolute Gasteiger partial charge is 0.507 e. The second-order valence-corrected chi connectivity index (χ2v) is 7.88. The number of hydrogen-bond acceptors (Lipinski definition) is 5. The Kier molecular flexibility index (Phi) is 4.02. The molecule has 0 saturated carbocycles. The van der Waals surface area contributed by atoms with Gasteiger partial charge in [-0.3, -0.25) is 4.68 Å². The van der Waals surface area contributed by atoms with Crippen molar-refractivity contribution in [1.29, 1.82) is 0 Å². The quantitative estimate of drug-likeness (QED) is 0.701. The van der Waals surface area contributed by atoms with Crippen LogP contribution in [0.1, 0.15) is 37.1 Å². The van der Waals surface area contributed by atoms with Crippen LogP contribution < -0.4 is 0 Å². The van der Waals surface area contributed by atoms with E-state index < -0.39 is 17.5 Å². The Balaban J connectivity index is 1.72. The van der Waals surface area contributed by atoms with Gasteiger partial charge < -0.3 is 9.52 Å². The number of fused-ring (bicyclic) bond motifs is 1. The Bertz CT molecular complexity index is 1050. The third-order valence-corrected chi connectivity index (χ3v) is 5.15. The number of phenolic OH excluding ortho intramolecular Hbond substituents is 1. The summed E-state index contributed by atoms with van der Waals surface area (Å²) in [5.74, 6) is -0.735. The first-order chi connectivity index (χ1) is 13.0. The maximum Gasteiger partial charge on any atom is 0.419 e. The summed E-state index contributed by atoms with van der Waals surface area (Å²) in [6, 6.07) is 3.06. The van der Waals surface area contributed by atoms with Gasteiger partial charge in [0, 0.05) is 23.9 Å². The SMILES string of the molecule is Cn1nc(-c2nnc(-c3ccc(O)c(C(F)(F)F)c3)o2)c2c1CC(C)(C)CC2. The highest BCUT2D eigenvalue weighted by Crippen LogP contribution is 2.40. The average Bonchev–Trinajstić information content (AvgIpc) is 3.19. The predicted molar refractivity (Wildman–Crippen MR) is 94.4 cm³/mol. The zero-order valence-corrected chi connectivity index (χ0v) is 15.6. The van der Waals surface area contributed by atoms with Gasteiger partial charge in [0.2, 0.25) is 5.89 Å². The Morgan fingerprint density at radius 2 is 1.89 bits per heavy atom. The van der Waals surface area contributed by atoms with Crippen LogP contribution in [0.25, 0.3) is 23.0 Å². The first kappa shape index (κ1) is 18.5. The lowest BCUT2D eigenvalue weighted by Gasteiger charge is -2.29. The number of phenols is 1. The summed E-state index contributed by atoms with van der Waals surface area (Å²) < 4.78 is 46.5. The van der Waals surface area contributed by atoms with Crippen LogP contribution in [0.5, 0.6) is 5.75 Å². The van der Waals surface area contributed by atoms with Crippen molar-refractivity contribution < 1.29 is 22.7 Å². The minimum atomic E-state index is -4.68. The first-order valence-corrected chi connectivity index (χ1v) is 8.84. The van der Waals surface area contributed by atoms with E-state index in [9.17, 15) is 18.3 Å². The van der Waals surface area contributed by atoms with Gasteiger partial charge in [-0.1, -0.05) is 13.8 Å². The zero-order valence-electron chi connectivity index (χ0n) is 15.6. The summed E-state index contributed by atoms with van der Waals surface area (Å²) in [5, 5.41) is 21.9. The highest BCUT2D eigenvalue weighted by molar-refractivity contribution is 5.61. The number of rotatable bonds is 2. The number of nitrogens with zero attached hydrogens (tertiary/aromatic N) is 4. The van der Waals surface area contributed by atoms with Gasteiger partial charge in [-0.05, 0) is 42.9 Å². The minimum Gasteiger partial charge on any atom is -0.507 e. The van der Waals surface area contributed by atoms with E-state index in [0.29, 0.717) is 5.69 Å². The molecule has 6 nitrogen and oxygen atoms in total. The molecule has 2 aromatic heterocycles. The second-order valence-electron chi connectivity index (χ2n) is 7.88. The van der Waals surface area contributed by atoms with Gasteiger partial charge in [0.1, 0.15) is 5.75 Å². The van der Waals surface area contributed by atoms with Gasteiger partial charge in [0.05, 0.1) is 5.56 Å². The van der Waals surface area contributed by atoms with E-state index in [1.807, 2.05) is 7.05 Å². The van der Waals surface area contributed by atoms with Crippen LogP contribution in [0, 0.1) is 5.41 Å². The number of aromatic hydroxyl groups is 1. The van der Waals surface area contributed by atoms with E-state index in [0.717, 1.165) is 42.7 Å². The Morgan fingerprint density at radius 3 is 2.61 bits per heavy atom. The van der Waals surface area contributed by atoms with Crippen molar-refractivity contribution in [3.05, 3.63) is 35.0 Å². The van der Waals surface area contributed by atoms with Gasteiger partial charge in [-0.15, -0.1) is 10.2 Å². The van der Waals surface area contributed by atoms with Crippen LogP contribution in [0.3, 0.4) is 0 Å². The first-order valence-electron chi connectivity index (χ1n) is 8.84. The summed E-state index contributed by atoms with van der Waals surface area (Å²) in [6.45, 7) is 4.41. The van der Waals surface area contributed by atoms with Crippen LogP contribution >= 0.6 is 0 Å². The van der Waals surface area contributed by atoms with Crippen molar-refractivity contribution in [3.8, 4) is 28.8 Å². The molecular formula is C19H19F3N4O2. The zero-order chi connectivity index (χ0) is 20.3. The molecular weight excluding hydrogens is 373 g/mol. The molecule has 1 aliphatic carbocycles. The van der Waals surface area contributed by atoms with Gasteiger partial charge in [0.25, 0.3) is 5.89 Å². The molecule has 148 valence electrons. The summed E-state index contributed by atoms with van der Waals surface area (Å²) in [5.41, 5.74) is 1.82. The highest BCUT2D eigenvalue weighted by Gasteiger charge is 2.35. The molecule has 4 rings (SSSR count). The van der Waals surface area contributed by atoms with Gasteiger partial charge in [0.15, 0.2) is 5.69 Å². The molecule has 0 unspecified atom stereocenters. The van der Waals surface area contributed by atoms with Gasteiger partial charge in [-0.2, -0.15) is 18.3 Å². The Morgan fingerprint density at radius 1 is 1.18 bits per heavy atom. The lowest BCUT2D eigenvalue weighted by atomic mass is 9.76. The molecule has 0 radical (unpaired) electrons. The normalized spacial score (nSPS) is 16.2. The number of benzene rings is 1. The maximum atomic E-state index is 13.0. The Hall–Kier alpha value is -2.84. The molecule has 0 amide bonds. The molecule has 0 bridgehead atoms. The van der Waals surface area contributed by atoms with Gasteiger partial charge in [-0.25, -0.2) is 0 Å². The van der Waals surface area contributed by atoms with E-state index in [-0.39, 0.29) is 22.8 Å². The number of aromatic nitrogens is 4. The summed E-state index contributed by atoms with van der Waals surface area (Å²) in [6.07, 6.45) is -2.00. The fraction of sp³-hybridized carbons (Fsp3) is 0.421. The summed E-state index contributed by atoms with van der Waals surface area (Å²) in [4.78, 5) is 0. The van der Waals surface area contributed by atoms with Crippen LogP contribution in [0.2, 0.25) is 0 Å². The molecule has 0 fully saturated rings. The molecule has 3 aromatic rings. The molecule has 1 aromatic carbocycles. The van der Waals surface area contributed by atoms with Crippen molar-refractivity contribution in [2.45, 2.75) is 39.3 Å². The van der Waals surface area contributed by atoms with Crippen molar-refractivity contribution in [2.75, 3.05) is 0 Å². The molecule has 0 spiro atoms. The third kappa shape index (κ3) is 3.14. The monoisotopic (exact) mass is 392 g/mol. The van der Waals surface area contributed by atoms with Crippen molar-refractivity contribution >= 4 is 0 Å². The van der Waals surface area contributed by atoms with E-state index >= 15 is 0 Å². The van der Waals surface area contributed by atoms with E-state index in [2.05, 4.69) is 29.1 Å². The van der Waals surface area contributed by atoms with Crippen molar-refractivity contribution in [3.63, 3.8) is 0 Å². The highest BCUT2D eigenvalue weighted by atomic mass is 19.4. The number of hydrogen-bond donors (Lipinski definition) is 1. The minimum absolute atomic E-state index is 0.0592. The van der Waals surface area contributed by atoms with Crippen LogP contribution in [0.15, 0.2) is 22.6 Å². The molecule has 1 aliphatic rings. The molecule has 0 atom stereocenters. The smallest absolute Gasteiger partial charge is 0.419 e. The number of aryl methyl sites for hydroxylation is 1. The lowest BCUT2D eigenvalue weighted by molar-refractivity contribution is -0.138. The van der Waals surface area contributed by atoms with Crippen LogP contribution in [0.4, 0.5) is 13.2 Å². The van der Waals surface area contributed by atoms with E-state index in [1.54, 1.807) is 4.68 Å². The topological polar surface area (TPSA) is 77.0 Å². The second kappa shape index (κ2) is 6.08. The molecule has 1 N–H and O–H groups in total. The van der Waals surface area contributed by atoms with E-state index in [4.69, 9.17) is 4.42 Å². The standard InChI is InChI=1S/C19H19F3N4O2/c1-18(2)7-6-11-13(9-18)26(3)25-15(11)17-24-23-16(28-17)10-4-5-14(27)12(8-10)19(20,21)22/h4-5,8,27H,6-7,9H2,1-3H3. The average molecular weight is 392 g/mol. The van der Waals surface area contributed by atoms with Crippen LogP contribution in [-0.4, -0.2) is 25.1 Å². The summed E-state index contributed by atoms with van der Waals surface area (Å²) >= 11 is 0. The number of alkyl halides is 3. The molecule has 2 heterocycles. The molecule has 0 aliphatic heterocycles. The maximum absolute atomic E-state index is 13.0. The van der Waals surface area contributed by atoms with Crippen molar-refractivity contribution in [2.24, 2.45) is 12.5 Å². The molecule has 28 heavy (non-hydrogen) atoms. The summed E-state index contributed by atoms with van der Waals surface area (Å²) in [7, 11) is 1.86. The number of halogens is 3. The molecule has 9 heteroatoms. The lowest BCUT2D eigenvalue weighted by Crippen LogP contribution is -2.23. The Labute approximate surface area is 159 Å². The van der Waals surface area contributed by atoms with Crippen molar-refractivity contribution in [1.82, 2.24) is 20.0 Å². The fourth-order valence-electron chi connectivity index (χ4n) is 3.60. The fourth-order valence-corrected chi connectivity index (χ4v) is 3.60. The van der Waals surface area contributed by atoms with Crippen LogP contribution in [-0.2, 0) is 26.1 Å². The molecule has 0 saturated heterocycles. The predicted octanol–water partition coefficient (Wildman–Crippen LogP) is 4.38. The van der Waals surface area contributed by atoms with E-state index in [1.165, 1.54) is 6.07 Å². The third-order valence-electron chi connectivity index (χ3n) is 5.15. The van der Waals surface area contributed by atoms with Gasteiger partial charge >= 0.3 is 6.18 Å².